The van der Waals surface area contributed by atoms with Gasteiger partial charge in [-0.3, -0.25) is 0 Å². The first-order chi connectivity index (χ1) is 29.0. The van der Waals surface area contributed by atoms with Crippen LogP contribution < -0.4 is 0 Å². The van der Waals surface area contributed by atoms with Crippen LogP contribution in [0.4, 0.5) is 0 Å². The summed E-state index contributed by atoms with van der Waals surface area (Å²) in [4.78, 5) is 0. The Hall–Kier alpha value is -7.02. The number of rotatable bonds is 5. The van der Waals surface area contributed by atoms with Gasteiger partial charge in [0.05, 0.1) is 0 Å². The highest BCUT2D eigenvalue weighted by Crippen LogP contribution is 2.51. The lowest BCUT2D eigenvalue weighted by Gasteiger charge is -2.34. The molecule has 0 spiro atoms. The second-order valence-corrected chi connectivity index (χ2v) is 17.2. The molecule has 0 aliphatic heterocycles. The Balaban J connectivity index is 0.788. The smallest absolute Gasteiger partial charge is 0.0345 e. The molecule has 0 radical (unpaired) electrons. The highest BCUT2D eigenvalue weighted by atomic mass is 14.4. The van der Waals surface area contributed by atoms with Crippen molar-refractivity contribution in [2.75, 3.05) is 0 Å². The van der Waals surface area contributed by atoms with Gasteiger partial charge in [-0.05, 0) is 141 Å². The number of benzene rings is 8. The molecule has 1 unspecified atom stereocenters. The zero-order chi connectivity index (χ0) is 39.2. The number of allylic oxidation sites excluding steroid dienone is 7. The van der Waals surface area contributed by atoms with Crippen molar-refractivity contribution in [1.29, 1.82) is 0 Å². The van der Waals surface area contributed by atoms with Gasteiger partial charge in [0.15, 0.2) is 0 Å². The standard InChI is InChI=1S/C59H42/c1-59(2)55-35-49(28-31-52(55)53-32-29-50(36-56(53)59)42-16-14-40(15-17-42)48-25-20-37-6-3-4-7-47(37)34-48)41-12-10-38(11-13-41)39-18-21-43(22-19-39)51-30-26-46-24-23-44-8-5-9-45-27-33-54(51)58(46)57(44)45/h3-32,34-36,57H,33H2,1-2H3. The fraction of sp³-hybridized carbons (Fsp3) is 0.0847. The van der Waals surface area contributed by atoms with E-state index in [1.165, 1.54) is 116 Å². The van der Waals surface area contributed by atoms with Crippen LogP contribution in [0.3, 0.4) is 0 Å². The summed E-state index contributed by atoms with van der Waals surface area (Å²) in [5, 5.41) is 2.55. The molecule has 4 aliphatic carbocycles. The largest absolute Gasteiger partial charge is 0.0759 e. The van der Waals surface area contributed by atoms with Crippen LogP contribution in [-0.4, -0.2) is 0 Å². The van der Waals surface area contributed by atoms with E-state index in [1.807, 2.05) is 0 Å². The van der Waals surface area contributed by atoms with Crippen molar-refractivity contribution in [3.05, 3.63) is 233 Å². The second kappa shape index (κ2) is 13.0. The quantitative estimate of drug-likeness (QED) is 0.164. The molecular weight excluding hydrogens is 709 g/mol. The fourth-order valence-electron chi connectivity index (χ4n) is 10.4. The van der Waals surface area contributed by atoms with Gasteiger partial charge in [0.25, 0.3) is 0 Å². The van der Waals surface area contributed by atoms with Crippen LogP contribution in [-0.2, 0) is 11.8 Å². The fourth-order valence-corrected chi connectivity index (χ4v) is 10.4. The summed E-state index contributed by atoms with van der Waals surface area (Å²) in [5.74, 6) is 0.373. The lowest BCUT2D eigenvalue weighted by atomic mass is 9.70. The van der Waals surface area contributed by atoms with E-state index in [2.05, 4.69) is 214 Å². The molecule has 8 aromatic rings. The van der Waals surface area contributed by atoms with Gasteiger partial charge >= 0.3 is 0 Å². The van der Waals surface area contributed by atoms with Crippen LogP contribution in [0.25, 0.3) is 83.6 Å². The van der Waals surface area contributed by atoms with Crippen LogP contribution in [0.15, 0.2) is 205 Å². The minimum Gasteiger partial charge on any atom is -0.0759 e. The van der Waals surface area contributed by atoms with Crippen molar-refractivity contribution >= 4 is 16.8 Å². The van der Waals surface area contributed by atoms with Gasteiger partial charge in [-0.2, -0.15) is 0 Å². The number of fused-ring (bicyclic) bond motifs is 4. The van der Waals surface area contributed by atoms with E-state index in [0.717, 1.165) is 6.42 Å². The summed E-state index contributed by atoms with van der Waals surface area (Å²) in [6.45, 7) is 4.76. The van der Waals surface area contributed by atoms with Crippen molar-refractivity contribution in [1.82, 2.24) is 0 Å². The molecule has 0 amide bonds. The van der Waals surface area contributed by atoms with Crippen LogP contribution in [0, 0.1) is 0 Å². The zero-order valence-corrected chi connectivity index (χ0v) is 33.3. The molecule has 0 saturated heterocycles. The molecule has 0 bridgehead atoms. The minimum absolute atomic E-state index is 0.109. The third-order valence-electron chi connectivity index (χ3n) is 13.6. The molecule has 0 fully saturated rings. The topological polar surface area (TPSA) is 0 Å². The summed E-state index contributed by atoms with van der Waals surface area (Å²) in [5.41, 5.74) is 25.2. The van der Waals surface area contributed by atoms with Gasteiger partial charge in [-0.25, -0.2) is 0 Å². The summed E-state index contributed by atoms with van der Waals surface area (Å²) in [7, 11) is 0. The Morgan fingerprint density at radius 1 is 0.424 bits per heavy atom. The summed E-state index contributed by atoms with van der Waals surface area (Å²) < 4.78 is 0. The van der Waals surface area contributed by atoms with Gasteiger partial charge in [-0.15, -0.1) is 0 Å². The average molecular weight is 751 g/mol. The monoisotopic (exact) mass is 750 g/mol. The lowest BCUT2D eigenvalue weighted by molar-refractivity contribution is 0.661. The van der Waals surface area contributed by atoms with Crippen LogP contribution in [0.1, 0.15) is 47.6 Å². The Bertz CT molecular complexity index is 3160. The molecule has 0 heteroatoms. The number of hydrogen-bond acceptors (Lipinski definition) is 0. The molecule has 12 rings (SSSR count). The Morgan fingerprint density at radius 2 is 0.932 bits per heavy atom. The third-order valence-corrected chi connectivity index (χ3v) is 13.6. The van der Waals surface area contributed by atoms with Crippen molar-refractivity contribution in [2.24, 2.45) is 0 Å². The first kappa shape index (κ1) is 34.1. The SMILES string of the molecule is CC1(C)c2cc(-c3ccc(-c4ccc(-c5ccc6c7c5CC=C5C=CC=C(C=C6)C57)cc4)cc3)ccc2-c2ccc(-c3ccc(-c4ccc5ccccc5c4)cc3)cc21. The van der Waals surface area contributed by atoms with Crippen LogP contribution in [0.2, 0.25) is 0 Å². The van der Waals surface area contributed by atoms with Gasteiger partial charge in [0.2, 0.25) is 0 Å². The number of hydrogen-bond donors (Lipinski definition) is 0. The Kier molecular flexibility index (Phi) is 7.50. The van der Waals surface area contributed by atoms with E-state index >= 15 is 0 Å². The van der Waals surface area contributed by atoms with E-state index < -0.39 is 0 Å². The first-order valence-corrected chi connectivity index (χ1v) is 21.0. The van der Waals surface area contributed by atoms with E-state index in [-0.39, 0.29) is 5.41 Å². The van der Waals surface area contributed by atoms with Gasteiger partial charge in [0, 0.05) is 11.3 Å². The van der Waals surface area contributed by atoms with E-state index in [0.29, 0.717) is 5.92 Å². The zero-order valence-electron chi connectivity index (χ0n) is 33.3. The second-order valence-electron chi connectivity index (χ2n) is 17.2. The first-order valence-electron chi connectivity index (χ1n) is 21.0. The van der Waals surface area contributed by atoms with Crippen molar-refractivity contribution in [3.8, 4) is 66.8 Å². The molecule has 0 nitrogen and oxygen atoms in total. The highest BCUT2D eigenvalue weighted by Gasteiger charge is 2.36. The van der Waals surface area contributed by atoms with Crippen LogP contribution in [0.5, 0.6) is 0 Å². The van der Waals surface area contributed by atoms with E-state index in [1.54, 1.807) is 0 Å². The molecule has 0 aromatic heterocycles. The van der Waals surface area contributed by atoms with Crippen molar-refractivity contribution in [3.63, 3.8) is 0 Å². The van der Waals surface area contributed by atoms with Crippen molar-refractivity contribution < 1.29 is 0 Å². The molecule has 278 valence electrons. The Morgan fingerprint density at radius 3 is 1.56 bits per heavy atom. The molecule has 59 heavy (non-hydrogen) atoms. The molecule has 4 aliphatic rings. The molecule has 0 heterocycles. The molecule has 8 aromatic carbocycles. The maximum absolute atomic E-state index is 2.43. The van der Waals surface area contributed by atoms with Gasteiger partial charge < -0.3 is 0 Å². The van der Waals surface area contributed by atoms with Crippen LogP contribution >= 0.6 is 0 Å². The van der Waals surface area contributed by atoms with E-state index in [9.17, 15) is 0 Å². The van der Waals surface area contributed by atoms with Gasteiger partial charge in [0.1, 0.15) is 0 Å². The normalized spacial score (nSPS) is 16.3. The highest BCUT2D eigenvalue weighted by molar-refractivity contribution is 5.89. The van der Waals surface area contributed by atoms with E-state index in [4.69, 9.17) is 0 Å². The molecule has 0 N–H and O–H groups in total. The lowest BCUT2D eigenvalue weighted by Crippen LogP contribution is -2.18. The maximum Gasteiger partial charge on any atom is 0.0345 e. The predicted octanol–water partition coefficient (Wildman–Crippen LogP) is 15.6. The Labute approximate surface area is 346 Å². The molecule has 0 saturated carbocycles. The predicted molar refractivity (Wildman–Crippen MR) is 249 cm³/mol. The molecule has 1 atom stereocenters. The molecular formula is C59H42. The van der Waals surface area contributed by atoms with Crippen molar-refractivity contribution in [2.45, 2.75) is 31.6 Å². The average Bonchev–Trinajstić information content (AvgIpc) is 3.52. The summed E-state index contributed by atoms with van der Waals surface area (Å²) in [6, 6.07) is 61.5. The summed E-state index contributed by atoms with van der Waals surface area (Å²) >= 11 is 0. The minimum atomic E-state index is -0.109. The maximum atomic E-state index is 2.43. The summed E-state index contributed by atoms with van der Waals surface area (Å²) in [6.07, 6.45) is 14.8. The third kappa shape index (κ3) is 5.44. The van der Waals surface area contributed by atoms with Gasteiger partial charge in [-0.1, -0.05) is 196 Å².